The summed E-state index contributed by atoms with van der Waals surface area (Å²) in [4.78, 5) is 16.6. The molecule has 0 spiro atoms. The number of rotatable bonds is 1. The van der Waals surface area contributed by atoms with Gasteiger partial charge in [0.15, 0.2) is 0 Å². The average Bonchev–Trinajstić information content (AvgIpc) is 2.70. The third-order valence-corrected chi connectivity index (χ3v) is 3.70. The highest BCUT2D eigenvalue weighted by Crippen LogP contribution is 2.35. The van der Waals surface area contributed by atoms with Gasteiger partial charge in [0.1, 0.15) is 0 Å². The van der Waals surface area contributed by atoms with Gasteiger partial charge in [0.2, 0.25) is 0 Å². The Balaban J connectivity index is 0.000000671. The number of amides is 1. The Hall–Kier alpha value is -2.36. The zero-order chi connectivity index (χ0) is 17.9. The molecule has 2 aromatic rings. The number of fused-ring (bicyclic) bond motifs is 1. The molecular formula is C20H26FNO2. The van der Waals surface area contributed by atoms with Crippen molar-refractivity contribution in [1.29, 1.82) is 0 Å². The quantitative estimate of drug-likeness (QED) is 0.670. The van der Waals surface area contributed by atoms with Crippen LogP contribution in [0.25, 0.3) is 0 Å². The number of halogens is 1. The van der Waals surface area contributed by atoms with Crippen LogP contribution in [-0.2, 0) is 11.4 Å². The second kappa shape index (κ2) is 10.4. The second-order valence-corrected chi connectivity index (χ2v) is 4.80. The molecule has 0 radical (unpaired) electrons. The number of hydrogen-bond donors (Lipinski definition) is 0. The first kappa shape index (κ1) is 19.7. The number of hydrogen-bond acceptors (Lipinski definition) is 2. The molecule has 24 heavy (non-hydrogen) atoms. The minimum absolute atomic E-state index is 0.301. The number of nitrogens with zero attached hydrogens (tertiary/aromatic N) is 1. The van der Waals surface area contributed by atoms with Gasteiger partial charge < -0.3 is 0 Å². The maximum Gasteiger partial charge on any atom is 0.448 e. The van der Waals surface area contributed by atoms with Crippen LogP contribution < -0.4 is 0 Å². The minimum atomic E-state index is -0.937. The van der Waals surface area contributed by atoms with Crippen LogP contribution in [0.15, 0.2) is 54.6 Å². The first-order valence-electron chi connectivity index (χ1n) is 8.53. The predicted octanol–water partition coefficient (Wildman–Crippen LogP) is 5.71. The fourth-order valence-electron chi connectivity index (χ4n) is 2.80. The maximum atomic E-state index is 12.3. The van der Waals surface area contributed by atoms with Crippen molar-refractivity contribution in [3.05, 3.63) is 71.3 Å². The van der Waals surface area contributed by atoms with Gasteiger partial charge in [-0.15, -0.1) is 0 Å². The average molecular weight is 331 g/mol. The Morgan fingerprint density at radius 3 is 2.21 bits per heavy atom. The van der Waals surface area contributed by atoms with Crippen molar-refractivity contribution in [1.82, 2.24) is 4.90 Å². The van der Waals surface area contributed by atoms with Gasteiger partial charge in [0.25, 0.3) is 0 Å². The smallest absolute Gasteiger partial charge is 0.294 e. The zero-order valence-corrected chi connectivity index (χ0v) is 14.8. The van der Waals surface area contributed by atoms with E-state index in [1.165, 1.54) is 10.5 Å². The summed E-state index contributed by atoms with van der Waals surface area (Å²) in [6.45, 7) is 8.44. The highest BCUT2D eigenvalue weighted by atomic mass is 19.3. The Bertz CT molecular complexity index is 616. The van der Waals surface area contributed by atoms with Crippen molar-refractivity contribution < 1.29 is 14.3 Å². The van der Waals surface area contributed by atoms with Gasteiger partial charge in [-0.25, -0.2) is 9.74 Å². The molecule has 0 bridgehead atoms. The Morgan fingerprint density at radius 2 is 1.58 bits per heavy atom. The molecule has 1 heterocycles. The first-order valence-corrected chi connectivity index (χ1v) is 8.53. The van der Waals surface area contributed by atoms with Crippen LogP contribution in [0, 0.1) is 0 Å². The Labute approximate surface area is 144 Å². The van der Waals surface area contributed by atoms with E-state index in [-0.39, 0.29) is 6.04 Å². The van der Waals surface area contributed by atoms with E-state index in [1.54, 1.807) is 0 Å². The summed E-state index contributed by atoms with van der Waals surface area (Å²) >= 11 is 0. The fourth-order valence-corrected chi connectivity index (χ4v) is 2.80. The van der Waals surface area contributed by atoms with Gasteiger partial charge in [-0.2, -0.15) is 0 Å². The van der Waals surface area contributed by atoms with Gasteiger partial charge in [-0.1, -0.05) is 82.3 Å². The van der Waals surface area contributed by atoms with Crippen molar-refractivity contribution >= 4 is 6.09 Å². The van der Waals surface area contributed by atoms with Crippen molar-refractivity contribution in [2.45, 2.75) is 40.2 Å². The van der Waals surface area contributed by atoms with Crippen molar-refractivity contribution in [2.75, 3.05) is 6.54 Å². The molecule has 1 atom stereocenters. The van der Waals surface area contributed by atoms with Gasteiger partial charge in [-0.05, 0) is 23.1 Å². The highest BCUT2D eigenvalue weighted by Gasteiger charge is 2.33. The lowest BCUT2D eigenvalue weighted by Gasteiger charge is -2.35. The van der Waals surface area contributed by atoms with Crippen molar-refractivity contribution in [3.8, 4) is 0 Å². The SMILES string of the molecule is CC.CC.O=C(OF)N1CCc2ccccc2C1c1ccccc1. The van der Waals surface area contributed by atoms with E-state index in [2.05, 4.69) is 4.94 Å². The van der Waals surface area contributed by atoms with Gasteiger partial charge in [-0.3, -0.25) is 4.90 Å². The standard InChI is InChI=1S/C16H14FNO2.2C2H6/c17-20-16(19)18-11-10-12-6-4-5-9-14(12)15(18)13-7-2-1-3-8-13;2*1-2/h1-9,15H,10-11H2;2*1-2H3. The van der Waals surface area contributed by atoms with Gasteiger partial charge in [0, 0.05) is 11.1 Å². The van der Waals surface area contributed by atoms with E-state index < -0.39 is 6.09 Å². The van der Waals surface area contributed by atoms with E-state index in [0.717, 1.165) is 11.1 Å². The van der Waals surface area contributed by atoms with Crippen LogP contribution in [0.3, 0.4) is 0 Å². The molecule has 3 rings (SSSR count). The van der Waals surface area contributed by atoms with Crippen LogP contribution in [-0.4, -0.2) is 17.5 Å². The second-order valence-electron chi connectivity index (χ2n) is 4.80. The minimum Gasteiger partial charge on any atom is -0.294 e. The molecule has 1 amide bonds. The number of carbonyl (C=O) groups excluding carboxylic acids is 1. The molecule has 0 fully saturated rings. The summed E-state index contributed by atoms with van der Waals surface area (Å²) in [6, 6.07) is 17.2. The van der Waals surface area contributed by atoms with Crippen LogP contribution >= 0.6 is 0 Å². The molecule has 130 valence electrons. The lowest BCUT2D eigenvalue weighted by Crippen LogP contribution is -2.40. The molecule has 1 unspecified atom stereocenters. The summed E-state index contributed by atoms with van der Waals surface area (Å²) in [5.41, 5.74) is 3.16. The third kappa shape index (κ3) is 4.34. The Kier molecular flexibility index (Phi) is 8.55. The molecule has 0 N–H and O–H groups in total. The van der Waals surface area contributed by atoms with Crippen LogP contribution in [0.4, 0.5) is 9.32 Å². The van der Waals surface area contributed by atoms with Crippen molar-refractivity contribution in [3.63, 3.8) is 0 Å². The van der Waals surface area contributed by atoms with E-state index in [9.17, 15) is 9.32 Å². The maximum absolute atomic E-state index is 12.3. The summed E-state index contributed by atoms with van der Waals surface area (Å²) in [7, 11) is 0. The van der Waals surface area contributed by atoms with E-state index in [4.69, 9.17) is 0 Å². The molecular weight excluding hydrogens is 305 g/mol. The highest BCUT2D eigenvalue weighted by molar-refractivity contribution is 5.69. The van der Waals surface area contributed by atoms with Gasteiger partial charge in [0.05, 0.1) is 6.04 Å². The van der Waals surface area contributed by atoms with E-state index in [1.807, 2.05) is 82.3 Å². The lowest BCUT2D eigenvalue weighted by molar-refractivity contribution is -0.0833. The summed E-state index contributed by atoms with van der Waals surface area (Å²) < 4.78 is 12.3. The summed E-state index contributed by atoms with van der Waals surface area (Å²) in [5.74, 6) is 0. The molecule has 2 aromatic carbocycles. The van der Waals surface area contributed by atoms with Gasteiger partial charge >= 0.3 is 6.09 Å². The molecule has 4 heteroatoms. The van der Waals surface area contributed by atoms with E-state index in [0.29, 0.717) is 13.0 Å². The predicted molar refractivity (Wildman–Crippen MR) is 95.4 cm³/mol. The summed E-state index contributed by atoms with van der Waals surface area (Å²) in [5, 5.41) is 0. The fraction of sp³-hybridized carbons (Fsp3) is 0.350. The number of benzene rings is 2. The molecule has 0 saturated heterocycles. The van der Waals surface area contributed by atoms with Crippen molar-refractivity contribution in [2.24, 2.45) is 0 Å². The lowest BCUT2D eigenvalue weighted by atomic mass is 9.88. The number of carbonyl (C=O) groups is 1. The largest absolute Gasteiger partial charge is 0.448 e. The molecule has 1 aliphatic rings. The van der Waals surface area contributed by atoms with E-state index >= 15 is 0 Å². The third-order valence-electron chi connectivity index (χ3n) is 3.70. The van der Waals surface area contributed by atoms with Crippen LogP contribution in [0.1, 0.15) is 50.4 Å². The Morgan fingerprint density at radius 1 is 1.00 bits per heavy atom. The molecule has 0 aliphatic carbocycles. The molecule has 0 aromatic heterocycles. The molecule has 0 saturated carbocycles. The monoisotopic (exact) mass is 331 g/mol. The molecule has 3 nitrogen and oxygen atoms in total. The van der Waals surface area contributed by atoms with Crippen LogP contribution in [0.2, 0.25) is 0 Å². The molecule has 1 aliphatic heterocycles. The van der Waals surface area contributed by atoms with Crippen LogP contribution in [0.5, 0.6) is 0 Å². The topological polar surface area (TPSA) is 29.5 Å². The first-order chi connectivity index (χ1) is 11.8. The normalized spacial score (nSPS) is 15.0. The zero-order valence-electron chi connectivity index (χ0n) is 14.8. The summed E-state index contributed by atoms with van der Waals surface area (Å²) in [6.07, 6.45) is -0.234.